The molecule has 2 unspecified atom stereocenters. The summed E-state index contributed by atoms with van der Waals surface area (Å²) in [5.74, 6) is 3.56. The topological polar surface area (TPSA) is 0 Å². The third-order valence-corrected chi connectivity index (χ3v) is 2.28. The van der Waals surface area contributed by atoms with Gasteiger partial charge < -0.3 is 0 Å². The first-order chi connectivity index (χ1) is 5.63. The quantitative estimate of drug-likeness (QED) is 0.440. The predicted molar refractivity (Wildman–Crippen MR) is 55.7 cm³/mol. The zero-order chi connectivity index (χ0) is 9.56. The minimum absolute atomic E-state index is 0.325. The largest absolute Gasteiger partial charge is 0.120 e. The summed E-state index contributed by atoms with van der Waals surface area (Å²) in [6.07, 6.45) is 11.5. The van der Waals surface area contributed by atoms with Crippen LogP contribution in [-0.2, 0) is 0 Å². The predicted octanol–water partition coefficient (Wildman–Crippen LogP) is 3.41. The molecule has 0 radical (unpaired) electrons. The van der Waals surface area contributed by atoms with Crippen molar-refractivity contribution >= 4 is 0 Å². The fourth-order valence-electron chi connectivity index (χ4n) is 0.938. The lowest BCUT2D eigenvalue weighted by atomic mass is 9.90. The van der Waals surface area contributed by atoms with E-state index in [0.717, 1.165) is 0 Å². The van der Waals surface area contributed by atoms with Crippen molar-refractivity contribution in [1.29, 1.82) is 0 Å². The maximum Gasteiger partial charge on any atom is 0.0234 e. The lowest BCUT2D eigenvalue weighted by molar-refractivity contribution is 0.546. The average molecular weight is 162 g/mol. The number of hydrogen-bond acceptors (Lipinski definition) is 0. The van der Waals surface area contributed by atoms with Gasteiger partial charge in [-0.3, -0.25) is 0 Å². The van der Waals surface area contributed by atoms with Crippen molar-refractivity contribution in [2.24, 2.45) is 11.8 Å². The van der Waals surface area contributed by atoms with Crippen LogP contribution in [0, 0.1) is 24.2 Å². The van der Waals surface area contributed by atoms with Gasteiger partial charge in [0.2, 0.25) is 0 Å². The van der Waals surface area contributed by atoms with Crippen molar-refractivity contribution in [3.05, 3.63) is 23.8 Å². The standard InChI is InChI=1S/C12H18/c1-6-8-9-11(4)12(5)10(3)7-2/h2,6,8-10,12H,1,3-5H3. The van der Waals surface area contributed by atoms with Gasteiger partial charge in [-0.25, -0.2) is 0 Å². The Morgan fingerprint density at radius 2 is 2.00 bits per heavy atom. The number of hydrogen-bond donors (Lipinski definition) is 0. The van der Waals surface area contributed by atoms with Gasteiger partial charge >= 0.3 is 0 Å². The Bertz CT molecular complexity index is 213. The molecule has 0 amide bonds. The fraction of sp³-hybridized carbons (Fsp3) is 0.500. The van der Waals surface area contributed by atoms with Crippen molar-refractivity contribution in [3.63, 3.8) is 0 Å². The summed E-state index contributed by atoms with van der Waals surface area (Å²) in [5.41, 5.74) is 1.35. The van der Waals surface area contributed by atoms with E-state index < -0.39 is 0 Å². The summed E-state index contributed by atoms with van der Waals surface area (Å²) < 4.78 is 0. The summed E-state index contributed by atoms with van der Waals surface area (Å²) in [4.78, 5) is 0. The van der Waals surface area contributed by atoms with Crippen LogP contribution in [0.2, 0.25) is 0 Å². The van der Waals surface area contributed by atoms with Crippen LogP contribution in [-0.4, -0.2) is 0 Å². The molecule has 0 N–H and O–H groups in total. The molecule has 0 heteroatoms. The smallest absolute Gasteiger partial charge is 0.0234 e. The highest BCUT2D eigenvalue weighted by atomic mass is 14.1. The van der Waals surface area contributed by atoms with E-state index in [0.29, 0.717) is 11.8 Å². The third kappa shape index (κ3) is 3.44. The van der Waals surface area contributed by atoms with Crippen molar-refractivity contribution in [1.82, 2.24) is 0 Å². The molecule has 0 nitrogen and oxygen atoms in total. The van der Waals surface area contributed by atoms with Crippen LogP contribution in [0.1, 0.15) is 27.7 Å². The van der Waals surface area contributed by atoms with Crippen molar-refractivity contribution in [2.75, 3.05) is 0 Å². The summed E-state index contributed by atoms with van der Waals surface area (Å²) in [6, 6.07) is 0. The van der Waals surface area contributed by atoms with Gasteiger partial charge in [0.25, 0.3) is 0 Å². The average Bonchev–Trinajstić information content (AvgIpc) is 2.11. The second kappa shape index (κ2) is 5.66. The van der Waals surface area contributed by atoms with Crippen LogP contribution in [0.25, 0.3) is 0 Å². The zero-order valence-electron chi connectivity index (χ0n) is 8.46. The van der Waals surface area contributed by atoms with Gasteiger partial charge in [0, 0.05) is 5.92 Å². The Balaban J connectivity index is 4.29. The summed E-state index contributed by atoms with van der Waals surface area (Å²) in [7, 11) is 0. The molecule has 0 saturated carbocycles. The Morgan fingerprint density at radius 3 is 2.42 bits per heavy atom. The minimum Gasteiger partial charge on any atom is -0.120 e. The van der Waals surface area contributed by atoms with E-state index in [1.165, 1.54) is 5.57 Å². The molecule has 0 rings (SSSR count). The van der Waals surface area contributed by atoms with E-state index in [4.69, 9.17) is 6.42 Å². The van der Waals surface area contributed by atoms with Crippen LogP contribution >= 0.6 is 0 Å². The van der Waals surface area contributed by atoms with Crippen LogP contribution in [0.5, 0.6) is 0 Å². The molecular weight excluding hydrogens is 144 g/mol. The Kier molecular flexibility index (Phi) is 5.21. The first-order valence-electron chi connectivity index (χ1n) is 4.39. The normalized spacial score (nSPS) is 17.4. The van der Waals surface area contributed by atoms with E-state index in [9.17, 15) is 0 Å². The van der Waals surface area contributed by atoms with Crippen molar-refractivity contribution in [3.8, 4) is 12.3 Å². The number of rotatable bonds is 3. The fourth-order valence-corrected chi connectivity index (χ4v) is 0.938. The maximum atomic E-state index is 5.34. The Labute approximate surface area is 76.4 Å². The SMILES string of the molecule is C#CC(C)C(C)C(C)=CC=CC. The van der Waals surface area contributed by atoms with E-state index >= 15 is 0 Å². The lowest BCUT2D eigenvalue weighted by Crippen LogP contribution is -2.06. The molecule has 12 heavy (non-hydrogen) atoms. The molecule has 0 aromatic heterocycles. The van der Waals surface area contributed by atoms with Gasteiger partial charge in [0.05, 0.1) is 0 Å². The van der Waals surface area contributed by atoms with Gasteiger partial charge in [-0.1, -0.05) is 37.6 Å². The first kappa shape index (κ1) is 11.0. The monoisotopic (exact) mass is 162 g/mol. The van der Waals surface area contributed by atoms with Gasteiger partial charge in [0.1, 0.15) is 0 Å². The molecule has 0 fully saturated rings. The van der Waals surface area contributed by atoms with E-state index in [1.54, 1.807) is 0 Å². The zero-order valence-corrected chi connectivity index (χ0v) is 8.46. The number of terminal acetylenes is 1. The molecule has 0 aromatic carbocycles. The highest BCUT2D eigenvalue weighted by Crippen LogP contribution is 2.18. The maximum absolute atomic E-state index is 5.34. The summed E-state index contributed by atoms with van der Waals surface area (Å²) in [5, 5.41) is 0. The van der Waals surface area contributed by atoms with Gasteiger partial charge in [0.15, 0.2) is 0 Å². The van der Waals surface area contributed by atoms with Gasteiger partial charge in [-0.2, -0.15) is 0 Å². The van der Waals surface area contributed by atoms with Crippen LogP contribution < -0.4 is 0 Å². The van der Waals surface area contributed by atoms with Gasteiger partial charge in [-0.05, 0) is 19.8 Å². The Morgan fingerprint density at radius 1 is 1.42 bits per heavy atom. The van der Waals surface area contributed by atoms with E-state index in [1.807, 2.05) is 13.0 Å². The molecule has 0 aromatic rings. The molecule has 66 valence electrons. The minimum atomic E-state index is 0.325. The Hall–Kier alpha value is -0.960. The van der Waals surface area contributed by atoms with Crippen LogP contribution in [0.15, 0.2) is 23.8 Å². The summed E-state index contributed by atoms with van der Waals surface area (Å²) in [6.45, 7) is 8.38. The molecule has 2 atom stereocenters. The molecule has 0 heterocycles. The van der Waals surface area contributed by atoms with E-state index in [-0.39, 0.29) is 0 Å². The highest BCUT2D eigenvalue weighted by molar-refractivity contribution is 5.15. The molecule has 0 aliphatic rings. The van der Waals surface area contributed by atoms with Crippen LogP contribution in [0.4, 0.5) is 0 Å². The molecule has 0 spiro atoms. The molecular formula is C12H18. The second-order valence-corrected chi connectivity index (χ2v) is 3.18. The molecule has 0 bridgehead atoms. The van der Waals surface area contributed by atoms with Crippen molar-refractivity contribution < 1.29 is 0 Å². The first-order valence-corrected chi connectivity index (χ1v) is 4.39. The molecule has 0 saturated heterocycles. The highest BCUT2D eigenvalue weighted by Gasteiger charge is 2.09. The molecule has 0 aliphatic carbocycles. The summed E-state index contributed by atoms with van der Waals surface area (Å²) >= 11 is 0. The lowest BCUT2D eigenvalue weighted by Gasteiger charge is -2.14. The van der Waals surface area contributed by atoms with Gasteiger partial charge in [-0.15, -0.1) is 12.3 Å². The number of allylic oxidation sites excluding steroid dienone is 4. The second-order valence-electron chi connectivity index (χ2n) is 3.18. The van der Waals surface area contributed by atoms with Crippen LogP contribution in [0.3, 0.4) is 0 Å². The molecule has 0 aliphatic heterocycles. The third-order valence-electron chi connectivity index (χ3n) is 2.28. The van der Waals surface area contributed by atoms with Crippen molar-refractivity contribution in [2.45, 2.75) is 27.7 Å². The van der Waals surface area contributed by atoms with E-state index in [2.05, 4.69) is 38.8 Å².